The van der Waals surface area contributed by atoms with Gasteiger partial charge in [0.2, 0.25) is 0 Å². The van der Waals surface area contributed by atoms with Crippen LogP contribution in [0.2, 0.25) is 5.02 Å². The molecule has 634 valence electrons. The van der Waals surface area contributed by atoms with E-state index in [9.17, 15) is 0 Å². The third kappa shape index (κ3) is 15.9. The third-order valence-corrected chi connectivity index (χ3v) is 26.7. The van der Waals surface area contributed by atoms with Gasteiger partial charge in [-0.05, 0) is 223 Å². The molecule has 21 aromatic carbocycles. The largest absolute Gasteiger partial charge is 0.354 e. The Bertz CT molecular complexity index is 8860. The van der Waals surface area contributed by atoms with Gasteiger partial charge in [-0.2, -0.15) is 0 Å². The van der Waals surface area contributed by atoms with E-state index in [-0.39, 0.29) is 0 Å². The molecular weight excluding hydrogens is 1710 g/mol. The average molecular weight is 1800 g/mol. The summed E-state index contributed by atoms with van der Waals surface area (Å²) in [6.07, 6.45) is 0. The molecule has 0 aliphatic rings. The first kappa shape index (κ1) is 81.7. The minimum atomic E-state index is 0.767. The number of aromatic nitrogens is 6. The molecule has 0 saturated carbocycles. The van der Waals surface area contributed by atoms with Crippen LogP contribution < -0.4 is 0 Å². The summed E-state index contributed by atoms with van der Waals surface area (Å²) < 4.78 is 8.35. The second-order valence-electron chi connectivity index (χ2n) is 34.0. The van der Waals surface area contributed by atoms with E-state index in [2.05, 4.69) is 512 Å². The molecule has 6 heterocycles. The number of halogens is 2. The number of H-pyrrole nitrogens is 3. The van der Waals surface area contributed by atoms with E-state index in [1.54, 1.807) is 0 Å². The van der Waals surface area contributed by atoms with Crippen LogP contribution in [0.5, 0.6) is 0 Å². The van der Waals surface area contributed by atoms with Gasteiger partial charge in [-0.3, -0.25) is 0 Å². The molecule has 6 aromatic heterocycles. The van der Waals surface area contributed by atoms with Gasteiger partial charge in [-0.1, -0.05) is 385 Å². The van der Waals surface area contributed by atoms with E-state index in [0.717, 1.165) is 20.9 Å². The highest BCUT2D eigenvalue weighted by atomic mass is 79.9. The van der Waals surface area contributed by atoms with Gasteiger partial charge < -0.3 is 28.7 Å². The third-order valence-electron chi connectivity index (χ3n) is 25.9. The molecule has 0 bridgehead atoms. The molecule has 0 spiro atoms. The second-order valence-corrected chi connectivity index (χ2v) is 35.3. The molecule has 0 fully saturated rings. The molecule has 0 unspecified atom stereocenters. The molecule has 8 heteroatoms. The first-order valence-electron chi connectivity index (χ1n) is 45.4. The van der Waals surface area contributed by atoms with Crippen molar-refractivity contribution in [3.63, 3.8) is 0 Å². The molecule has 27 rings (SSSR count). The first-order chi connectivity index (χ1) is 66.2. The maximum Gasteiger partial charge on any atom is 0.0548 e. The van der Waals surface area contributed by atoms with Gasteiger partial charge in [-0.15, -0.1) is 0 Å². The van der Waals surface area contributed by atoms with E-state index < -0.39 is 0 Å². The Labute approximate surface area is 788 Å². The maximum atomic E-state index is 5.93. The predicted molar refractivity (Wildman–Crippen MR) is 574 cm³/mol. The zero-order valence-electron chi connectivity index (χ0n) is 73.0. The fraction of sp³-hybridized carbons (Fsp3) is 0. The van der Waals surface area contributed by atoms with Crippen molar-refractivity contribution >= 4 is 158 Å². The van der Waals surface area contributed by atoms with Crippen LogP contribution in [0.25, 0.3) is 226 Å². The number of benzene rings is 21. The molecule has 27 aromatic rings. The lowest BCUT2D eigenvalue weighted by molar-refractivity contribution is 1.17. The van der Waals surface area contributed by atoms with Crippen LogP contribution in [0.15, 0.2) is 508 Å². The average Bonchev–Trinajstić information content (AvgIpc) is 1.52. The van der Waals surface area contributed by atoms with E-state index in [0.29, 0.717) is 0 Å². The van der Waals surface area contributed by atoms with Crippen molar-refractivity contribution in [3.8, 4) is 95.0 Å². The zero-order chi connectivity index (χ0) is 89.4. The summed E-state index contributed by atoms with van der Waals surface area (Å²) in [4.78, 5) is 10.6. The molecular formula is C126H86BrClN6. The van der Waals surface area contributed by atoms with Crippen molar-refractivity contribution in [1.82, 2.24) is 28.7 Å². The number of hydrogen-bond acceptors (Lipinski definition) is 0. The molecule has 0 aliphatic heterocycles. The van der Waals surface area contributed by atoms with Crippen molar-refractivity contribution in [3.05, 3.63) is 513 Å². The number of fused-ring (bicyclic) bond motifs is 18. The van der Waals surface area contributed by atoms with Crippen molar-refractivity contribution in [2.45, 2.75) is 0 Å². The van der Waals surface area contributed by atoms with Crippen LogP contribution in [0.3, 0.4) is 0 Å². The molecule has 0 saturated heterocycles. The Morgan fingerprint density at radius 2 is 0.366 bits per heavy atom. The maximum absolute atomic E-state index is 5.93. The second kappa shape index (κ2) is 35.9. The summed E-state index contributed by atoms with van der Waals surface area (Å²) in [5.41, 5.74) is 35.1. The minimum Gasteiger partial charge on any atom is -0.354 e. The highest BCUT2D eigenvalue weighted by Gasteiger charge is 2.21. The van der Waals surface area contributed by atoms with Gasteiger partial charge in [0.05, 0.1) is 33.1 Å². The molecule has 0 radical (unpaired) electrons. The van der Waals surface area contributed by atoms with E-state index >= 15 is 0 Å². The van der Waals surface area contributed by atoms with E-state index in [1.165, 1.54) is 214 Å². The van der Waals surface area contributed by atoms with Crippen molar-refractivity contribution < 1.29 is 0 Å². The highest BCUT2D eigenvalue weighted by Crippen LogP contribution is 2.44. The lowest BCUT2D eigenvalue weighted by Gasteiger charge is -2.11. The topological polar surface area (TPSA) is 62.2 Å². The fourth-order valence-corrected chi connectivity index (χ4v) is 19.8. The van der Waals surface area contributed by atoms with Gasteiger partial charge >= 0.3 is 0 Å². The Balaban J connectivity index is 0.000000103. The van der Waals surface area contributed by atoms with Crippen molar-refractivity contribution in [2.24, 2.45) is 0 Å². The van der Waals surface area contributed by atoms with Gasteiger partial charge in [-0.25, -0.2) is 0 Å². The Morgan fingerprint density at radius 1 is 0.149 bits per heavy atom. The molecule has 0 aliphatic carbocycles. The zero-order valence-corrected chi connectivity index (χ0v) is 75.4. The summed E-state index contributed by atoms with van der Waals surface area (Å²) in [5.74, 6) is 0. The Kier molecular flexibility index (Phi) is 21.9. The molecule has 6 nitrogen and oxygen atoms in total. The SMILES string of the molecule is Brc1ccc(-c2ccccc2)cc1.Clc1ccc(-c2cccc(-c3ccccc3)c2)cc1.c1ccc(-c2ccc(-n3c4ccccc4c4cc5[nH]c6ccccc6c5cc43)cc2)cc1.c1ccc(-c2ccc(-n3c4ccccc4c4cc5c(cc43)c3ccccc3n5-c3ccc(-c4cccc(-c5ccccc5)c4)cc3)cc2)cc1.c1ccc2c(c1)[nH]c1cc3c(cc12)[nH]c1ccccc13. The first-order valence-corrected chi connectivity index (χ1v) is 46.5. The van der Waals surface area contributed by atoms with Crippen molar-refractivity contribution in [2.75, 3.05) is 0 Å². The Hall–Kier alpha value is -16.8. The van der Waals surface area contributed by atoms with Gasteiger partial charge in [0.15, 0.2) is 0 Å². The number of nitrogens with zero attached hydrogens (tertiary/aromatic N) is 3. The molecule has 0 atom stereocenters. The smallest absolute Gasteiger partial charge is 0.0548 e. The van der Waals surface area contributed by atoms with E-state index in [1.807, 2.05) is 36.4 Å². The van der Waals surface area contributed by atoms with Crippen LogP contribution in [-0.2, 0) is 0 Å². The quantitative estimate of drug-likeness (QED) is 0.122. The van der Waals surface area contributed by atoms with Gasteiger partial charge in [0, 0.05) is 124 Å². The molecule has 134 heavy (non-hydrogen) atoms. The highest BCUT2D eigenvalue weighted by molar-refractivity contribution is 9.10. The summed E-state index contributed by atoms with van der Waals surface area (Å²) >= 11 is 9.34. The number of para-hydroxylation sites is 6. The van der Waals surface area contributed by atoms with Crippen LogP contribution in [0, 0.1) is 0 Å². The number of aromatic amines is 3. The summed E-state index contributed by atoms with van der Waals surface area (Å²) in [6, 6.07) is 179. The number of nitrogens with one attached hydrogen (secondary N) is 3. The van der Waals surface area contributed by atoms with Crippen molar-refractivity contribution in [1.29, 1.82) is 0 Å². The Morgan fingerprint density at radius 3 is 0.687 bits per heavy atom. The lowest BCUT2D eigenvalue weighted by Crippen LogP contribution is -1.95. The van der Waals surface area contributed by atoms with Crippen LogP contribution in [0.4, 0.5) is 0 Å². The molecule has 3 N–H and O–H groups in total. The van der Waals surface area contributed by atoms with Crippen LogP contribution >= 0.6 is 27.5 Å². The summed E-state index contributed by atoms with van der Waals surface area (Å²) in [6.45, 7) is 0. The number of rotatable bonds is 10. The standard InChI is InChI=1S/C48H32N2.C30H20N2.C18H13Cl.C18H12N2.C12H9Br/c1-3-12-33(13-4-1)35-22-26-39(27-23-35)49-45-20-9-7-18-41(45)43-32-48-44(31-47(43)49)42-19-8-10-21-46(42)50(48)40-28-24-36(25-29-40)38-17-11-16-37(30-38)34-14-5-2-6-15-34;1-2-8-20(9-3-1)21-14-16-22(17-15-21)32-29-13-7-5-11-24(29)26-18-28-25(19-30(26)32)23-10-4-6-12-27(23)31-28;19-18-11-9-15(10-12-18)17-8-4-7-16(13-17)14-5-2-1-3-6-14;1-3-7-15-11(5-1)13-9-18-14(10-17(13)19-15)12-6-2-4-8-16(12)20-18;13-12-8-6-11(7-9-12)10-4-2-1-3-5-10/h1-32H;1-19,31H;1-13H;1-10,19-20H;1-9H. The van der Waals surface area contributed by atoms with Crippen LogP contribution in [0.1, 0.15) is 0 Å². The van der Waals surface area contributed by atoms with Crippen LogP contribution in [-0.4, -0.2) is 28.7 Å². The van der Waals surface area contributed by atoms with E-state index in [4.69, 9.17) is 11.6 Å². The predicted octanol–water partition coefficient (Wildman–Crippen LogP) is 35.7. The number of hydrogen-bond donors (Lipinski definition) is 3. The van der Waals surface area contributed by atoms with Gasteiger partial charge in [0.25, 0.3) is 0 Å². The monoisotopic (exact) mass is 1800 g/mol. The fourth-order valence-electron chi connectivity index (χ4n) is 19.4. The lowest BCUT2D eigenvalue weighted by atomic mass is 9.99. The normalized spacial score (nSPS) is 11.4. The minimum absolute atomic E-state index is 0.767. The summed E-state index contributed by atoms with van der Waals surface area (Å²) in [5, 5.41) is 16.0. The van der Waals surface area contributed by atoms with Gasteiger partial charge in [0.1, 0.15) is 0 Å². The molecule has 0 amide bonds. The summed E-state index contributed by atoms with van der Waals surface area (Å²) in [7, 11) is 0.